The van der Waals surface area contributed by atoms with Gasteiger partial charge in [0.25, 0.3) is 5.91 Å². The molecular formula is C22H23F6N3O3S. The second-order valence-electron chi connectivity index (χ2n) is 9.00. The molecule has 1 aromatic rings. The van der Waals surface area contributed by atoms with E-state index in [0.717, 1.165) is 24.0 Å². The van der Waals surface area contributed by atoms with Crippen LogP contribution in [0.4, 0.5) is 26.3 Å². The van der Waals surface area contributed by atoms with E-state index in [0.29, 0.717) is 25.1 Å². The largest absolute Gasteiger partial charge is 0.416 e. The summed E-state index contributed by atoms with van der Waals surface area (Å²) in [6, 6.07) is 1.60. The first kappa shape index (κ1) is 25.7. The first-order valence-electron chi connectivity index (χ1n) is 10.9. The van der Waals surface area contributed by atoms with Gasteiger partial charge in [-0.05, 0) is 60.1 Å². The van der Waals surface area contributed by atoms with Crippen LogP contribution in [0.25, 0.3) is 0 Å². The number of alkyl halides is 6. The van der Waals surface area contributed by atoms with E-state index in [1.54, 1.807) is 0 Å². The highest BCUT2D eigenvalue weighted by atomic mass is 32.2. The van der Waals surface area contributed by atoms with Crippen molar-refractivity contribution < 1.29 is 39.6 Å². The molecule has 3 aliphatic rings. The molecule has 0 unspecified atom stereocenters. The molecule has 0 atom stereocenters. The van der Waals surface area contributed by atoms with Crippen LogP contribution in [0.15, 0.2) is 34.3 Å². The minimum atomic E-state index is -4.92. The fourth-order valence-electron chi connectivity index (χ4n) is 4.72. The zero-order chi connectivity index (χ0) is 25.8. The first-order valence-corrected chi connectivity index (χ1v) is 12.8. The third kappa shape index (κ3) is 5.40. The van der Waals surface area contributed by atoms with Crippen LogP contribution in [0.1, 0.15) is 41.9 Å². The van der Waals surface area contributed by atoms with Crippen LogP contribution in [0.3, 0.4) is 0 Å². The van der Waals surface area contributed by atoms with Crippen LogP contribution < -0.4 is 0 Å². The van der Waals surface area contributed by atoms with Gasteiger partial charge >= 0.3 is 12.4 Å². The summed E-state index contributed by atoms with van der Waals surface area (Å²) < 4.78 is 104. The molecule has 1 amide bonds. The summed E-state index contributed by atoms with van der Waals surface area (Å²) in [7, 11) is -3.45. The number of likely N-dealkylation sites (tertiary alicyclic amines) is 1. The number of hydrogen-bond acceptors (Lipinski definition) is 4. The summed E-state index contributed by atoms with van der Waals surface area (Å²) in [6.45, 7) is 0.961. The molecule has 3 aliphatic heterocycles. The molecule has 4 rings (SSSR count). The fourth-order valence-corrected chi connectivity index (χ4v) is 5.51. The van der Waals surface area contributed by atoms with E-state index < -0.39 is 45.3 Å². The standard InChI is InChI=1S/C22H23F6N3O3S/c1-35(33,34)31-7-4-14-11-29-19(18(14)12-31)20(32)30-5-2-13(3-6-30)15-8-16(21(23,24)25)10-17(9-15)22(26,27)28/h8-10,13H,2-7,11-12H2,1H3. The van der Waals surface area contributed by atoms with Crippen molar-refractivity contribution in [2.45, 2.75) is 37.5 Å². The summed E-state index contributed by atoms with van der Waals surface area (Å²) in [5, 5.41) is 0. The molecule has 35 heavy (non-hydrogen) atoms. The van der Waals surface area contributed by atoms with Crippen molar-refractivity contribution >= 4 is 21.6 Å². The first-order chi connectivity index (χ1) is 16.1. The predicted octanol–water partition coefficient (Wildman–Crippen LogP) is 3.85. The Labute approximate surface area is 198 Å². The van der Waals surface area contributed by atoms with Crippen LogP contribution in [0, 0.1) is 0 Å². The van der Waals surface area contributed by atoms with Gasteiger partial charge in [0.2, 0.25) is 10.0 Å². The van der Waals surface area contributed by atoms with Gasteiger partial charge in [0.05, 0.1) is 23.9 Å². The van der Waals surface area contributed by atoms with Crippen molar-refractivity contribution in [3.63, 3.8) is 0 Å². The van der Waals surface area contributed by atoms with E-state index in [1.165, 1.54) is 9.21 Å². The molecule has 1 aromatic carbocycles. The summed E-state index contributed by atoms with van der Waals surface area (Å²) in [6.07, 6.45) is -7.88. The summed E-state index contributed by atoms with van der Waals surface area (Å²) in [4.78, 5) is 18.9. The van der Waals surface area contributed by atoms with Crippen molar-refractivity contribution in [3.05, 3.63) is 46.0 Å². The number of aliphatic imine (C=N–C) groups is 1. The molecule has 0 aromatic heterocycles. The van der Waals surface area contributed by atoms with Gasteiger partial charge < -0.3 is 4.90 Å². The Bertz CT molecular complexity index is 1160. The van der Waals surface area contributed by atoms with E-state index in [9.17, 15) is 39.6 Å². The van der Waals surface area contributed by atoms with Gasteiger partial charge in [0.1, 0.15) is 5.71 Å². The Kier molecular flexibility index (Phi) is 6.54. The molecule has 1 saturated heterocycles. The fraction of sp³-hybridized carbons (Fsp3) is 0.545. The highest BCUT2D eigenvalue weighted by molar-refractivity contribution is 7.88. The number of amides is 1. The lowest BCUT2D eigenvalue weighted by atomic mass is 9.87. The molecule has 0 N–H and O–H groups in total. The highest BCUT2D eigenvalue weighted by Gasteiger charge is 2.39. The molecule has 0 spiro atoms. The number of carbonyl (C=O) groups is 1. The van der Waals surface area contributed by atoms with Gasteiger partial charge in [-0.2, -0.15) is 30.6 Å². The Morgan fingerprint density at radius 1 is 0.971 bits per heavy atom. The minimum absolute atomic E-state index is 0.0552. The maximum absolute atomic E-state index is 13.2. The number of rotatable bonds is 3. The lowest BCUT2D eigenvalue weighted by Gasteiger charge is -2.33. The third-order valence-electron chi connectivity index (χ3n) is 6.67. The lowest BCUT2D eigenvalue weighted by molar-refractivity contribution is -0.143. The number of halogens is 6. The van der Waals surface area contributed by atoms with Gasteiger partial charge in [-0.25, -0.2) is 8.42 Å². The lowest BCUT2D eigenvalue weighted by Crippen LogP contribution is -2.44. The number of benzene rings is 1. The van der Waals surface area contributed by atoms with Gasteiger partial charge in [-0.15, -0.1) is 0 Å². The summed E-state index contributed by atoms with van der Waals surface area (Å²) in [5.41, 5.74) is -1.08. The maximum Gasteiger partial charge on any atom is 0.416 e. The Balaban J connectivity index is 1.48. The van der Waals surface area contributed by atoms with E-state index in [-0.39, 0.29) is 49.8 Å². The zero-order valence-electron chi connectivity index (χ0n) is 18.7. The van der Waals surface area contributed by atoms with Crippen LogP contribution in [-0.4, -0.2) is 68.2 Å². The molecule has 13 heteroatoms. The average Bonchev–Trinajstić information content (AvgIpc) is 3.20. The van der Waals surface area contributed by atoms with E-state index in [4.69, 9.17) is 0 Å². The normalized spacial score (nSPS) is 20.8. The van der Waals surface area contributed by atoms with Gasteiger partial charge in [-0.1, -0.05) is 0 Å². The molecule has 6 nitrogen and oxygen atoms in total. The monoisotopic (exact) mass is 523 g/mol. The quantitative estimate of drug-likeness (QED) is 0.566. The van der Waals surface area contributed by atoms with Gasteiger partial charge in [0, 0.05) is 26.2 Å². The number of hydrogen-bond donors (Lipinski definition) is 0. The number of nitrogens with zero attached hydrogens (tertiary/aromatic N) is 3. The van der Waals surface area contributed by atoms with E-state index in [1.807, 2.05) is 0 Å². The van der Waals surface area contributed by atoms with Crippen molar-refractivity contribution in [1.29, 1.82) is 0 Å². The highest BCUT2D eigenvalue weighted by Crippen LogP contribution is 2.39. The molecule has 1 fully saturated rings. The minimum Gasteiger partial charge on any atom is -0.337 e. The van der Waals surface area contributed by atoms with Crippen LogP contribution >= 0.6 is 0 Å². The summed E-state index contributed by atoms with van der Waals surface area (Å²) >= 11 is 0. The molecular weight excluding hydrogens is 500 g/mol. The predicted molar refractivity (Wildman–Crippen MR) is 115 cm³/mol. The molecule has 0 radical (unpaired) electrons. The van der Waals surface area contributed by atoms with Crippen molar-refractivity contribution in [2.75, 3.05) is 39.0 Å². The van der Waals surface area contributed by atoms with E-state index in [2.05, 4.69) is 4.99 Å². The molecule has 0 saturated carbocycles. The summed E-state index contributed by atoms with van der Waals surface area (Å²) in [5.74, 6) is -0.970. The number of sulfonamides is 1. The second kappa shape index (κ2) is 8.91. The SMILES string of the molecule is CS(=O)(=O)N1CCC2=C(C1)C(C(=O)N1CCC(c3cc(C(F)(F)F)cc(C(F)(F)F)c3)CC1)=NC2. The van der Waals surface area contributed by atoms with Crippen molar-refractivity contribution in [2.24, 2.45) is 4.99 Å². The van der Waals surface area contributed by atoms with Gasteiger partial charge in [0.15, 0.2) is 0 Å². The van der Waals surface area contributed by atoms with Crippen molar-refractivity contribution in [1.82, 2.24) is 9.21 Å². The average molecular weight is 523 g/mol. The zero-order valence-corrected chi connectivity index (χ0v) is 19.5. The maximum atomic E-state index is 13.2. The molecule has 0 aliphatic carbocycles. The smallest absolute Gasteiger partial charge is 0.337 e. The second-order valence-corrected chi connectivity index (χ2v) is 11.0. The van der Waals surface area contributed by atoms with Crippen LogP contribution in [0.2, 0.25) is 0 Å². The van der Waals surface area contributed by atoms with Gasteiger partial charge in [-0.3, -0.25) is 9.79 Å². The molecule has 192 valence electrons. The third-order valence-corrected chi connectivity index (χ3v) is 7.92. The molecule has 3 heterocycles. The Morgan fingerprint density at radius 2 is 1.54 bits per heavy atom. The topological polar surface area (TPSA) is 70.1 Å². The van der Waals surface area contributed by atoms with Crippen LogP contribution in [-0.2, 0) is 27.2 Å². The number of piperidine rings is 1. The van der Waals surface area contributed by atoms with E-state index >= 15 is 0 Å². The van der Waals surface area contributed by atoms with Crippen LogP contribution in [0.5, 0.6) is 0 Å². The Hall–Kier alpha value is -2.41. The Morgan fingerprint density at radius 3 is 2.06 bits per heavy atom. The molecule has 0 bridgehead atoms. The number of carbonyl (C=O) groups excluding carboxylic acids is 1. The van der Waals surface area contributed by atoms with Crippen molar-refractivity contribution in [3.8, 4) is 0 Å².